The molecule has 30 heavy (non-hydrogen) atoms. The molecule has 2 heterocycles. The molecule has 0 amide bonds. The van der Waals surface area contributed by atoms with Gasteiger partial charge in [0.25, 0.3) is 10.0 Å². The van der Waals surface area contributed by atoms with Crippen LogP contribution >= 0.6 is 0 Å². The lowest BCUT2D eigenvalue weighted by molar-refractivity contribution is 0.103. The Morgan fingerprint density at radius 3 is 2.43 bits per heavy atom. The second-order valence-corrected chi connectivity index (χ2v) is 7.76. The number of benzene rings is 2. The van der Waals surface area contributed by atoms with Gasteiger partial charge in [0.05, 0.1) is 16.8 Å². The monoisotopic (exact) mass is 432 g/mol. The molecule has 0 aliphatic carbocycles. The number of rotatable bonds is 5. The first kappa shape index (κ1) is 19.6. The molecule has 2 aromatic carbocycles. The number of nitrogens with one attached hydrogen (secondary N) is 2. The largest absolute Gasteiger partial charge is 0.345 e. The Hall–Kier alpha value is -3.73. The van der Waals surface area contributed by atoms with Crippen LogP contribution in [0.25, 0.3) is 11.0 Å². The number of H-pyrrole nitrogens is 1. The molecule has 4 aromatic rings. The second kappa shape index (κ2) is 7.26. The molecule has 0 saturated carbocycles. The van der Waals surface area contributed by atoms with E-state index in [1.165, 1.54) is 24.8 Å². The smallest absolute Gasteiger partial charge is 0.267 e. The van der Waals surface area contributed by atoms with E-state index < -0.39 is 49.4 Å². The lowest BCUT2D eigenvalue weighted by atomic mass is 10.0. The molecule has 2 N–H and O–H groups in total. The van der Waals surface area contributed by atoms with Gasteiger partial charge in [0.15, 0.2) is 16.5 Å². The van der Waals surface area contributed by atoms with E-state index in [-0.39, 0.29) is 5.56 Å². The predicted octanol–water partition coefficient (Wildman–Crippen LogP) is 3.41. The van der Waals surface area contributed by atoms with Crippen LogP contribution in [-0.2, 0) is 10.0 Å². The van der Waals surface area contributed by atoms with E-state index >= 15 is 0 Å². The van der Waals surface area contributed by atoms with Crippen LogP contribution in [0.1, 0.15) is 15.9 Å². The minimum absolute atomic E-state index is 0.0738. The number of halogens is 3. The van der Waals surface area contributed by atoms with Crippen molar-refractivity contribution in [3.63, 3.8) is 0 Å². The van der Waals surface area contributed by atoms with Crippen molar-refractivity contribution in [1.82, 2.24) is 15.0 Å². The summed E-state index contributed by atoms with van der Waals surface area (Å²) in [7, 11) is -4.81. The van der Waals surface area contributed by atoms with Crippen LogP contribution in [0.5, 0.6) is 0 Å². The summed E-state index contributed by atoms with van der Waals surface area (Å²) in [5.41, 5.74) is -0.654. The molecule has 4 rings (SSSR count). The van der Waals surface area contributed by atoms with Gasteiger partial charge in [-0.25, -0.2) is 31.6 Å². The fraction of sp³-hybridized carbons (Fsp3) is 0. The number of sulfonamides is 1. The highest BCUT2D eigenvalue weighted by molar-refractivity contribution is 7.92. The standard InChI is InChI=1S/C19H11F3N4O3S/c20-13-4-2-5-14(21)18(13)30(28,29)26-15-6-1-3-10(16(15)22)17(27)11-8-24-19-12(11)7-23-9-25-19/h1-9,26H,(H,23,24,25). The zero-order chi connectivity index (χ0) is 21.5. The third-order valence-corrected chi connectivity index (χ3v) is 5.69. The number of carbonyl (C=O) groups excluding carboxylic acids is 1. The molecule has 0 fully saturated rings. The maximum Gasteiger partial charge on any atom is 0.267 e. The summed E-state index contributed by atoms with van der Waals surface area (Å²) in [4.78, 5) is 22.1. The van der Waals surface area contributed by atoms with E-state index in [0.29, 0.717) is 11.0 Å². The summed E-state index contributed by atoms with van der Waals surface area (Å²) in [6, 6.07) is 5.92. The number of nitrogens with zero attached hydrogens (tertiary/aromatic N) is 2. The van der Waals surface area contributed by atoms with Gasteiger partial charge in [-0.15, -0.1) is 0 Å². The van der Waals surface area contributed by atoms with E-state index in [0.717, 1.165) is 30.3 Å². The van der Waals surface area contributed by atoms with Crippen molar-refractivity contribution in [1.29, 1.82) is 0 Å². The van der Waals surface area contributed by atoms with Gasteiger partial charge >= 0.3 is 0 Å². The lowest BCUT2D eigenvalue weighted by Gasteiger charge is -2.12. The van der Waals surface area contributed by atoms with Crippen LogP contribution in [-0.4, -0.2) is 29.2 Å². The summed E-state index contributed by atoms with van der Waals surface area (Å²) in [6.45, 7) is 0. The second-order valence-electron chi connectivity index (χ2n) is 6.14. The molecule has 7 nitrogen and oxygen atoms in total. The average molecular weight is 432 g/mol. The summed E-state index contributed by atoms with van der Waals surface area (Å²) < 4.78 is 69.3. The fourth-order valence-corrected chi connectivity index (χ4v) is 4.11. The van der Waals surface area contributed by atoms with Gasteiger partial charge in [0.1, 0.15) is 23.6 Å². The fourth-order valence-electron chi connectivity index (χ4n) is 2.91. The van der Waals surface area contributed by atoms with Crippen molar-refractivity contribution < 1.29 is 26.4 Å². The van der Waals surface area contributed by atoms with Gasteiger partial charge in [-0.05, 0) is 24.3 Å². The Morgan fingerprint density at radius 2 is 1.70 bits per heavy atom. The number of carbonyl (C=O) groups is 1. The topological polar surface area (TPSA) is 105 Å². The van der Waals surface area contributed by atoms with Gasteiger partial charge in [-0.1, -0.05) is 12.1 Å². The predicted molar refractivity (Wildman–Crippen MR) is 101 cm³/mol. The van der Waals surface area contributed by atoms with E-state index in [9.17, 15) is 26.4 Å². The molecule has 0 saturated heterocycles. The first-order chi connectivity index (χ1) is 14.3. The normalized spacial score (nSPS) is 11.6. The third-order valence-electron chi connectivity index (χ3n) is 4.28. The summed E-state index contributed by atoms with van der Waals surface area (Å²) in [6.07, 6.45) is 3.97. The summed E-state index contributed by atoms with van der Waals surface area (Å²) >= 11 is 0. The zero-order valence-electron chi connectivity index (χ0n) is 14.9. The molecule has 0 aliphatic heterocycles. The molecule has 0 bridgehead atoms. The Labute approximate surface area is 167 Å². The Bertz CT molecular complexity index is 1380. The van der Waals surface area contributed by atoms with E-state index in [1.807, 2.05) is 0 Å². The first-order valence-electron chi connectivity index (χ1n) is 8.36. The van der Waals surface area contributed by atoms with Crippen LogP contribution < -0.4 is 4.72 Å². The highest BCUT2D eigenvalue weighted by atomic mass is 32.2. The van der Waals surface area contributed by atoms with Crippen LogP contribution in [0.3, 0.4) is 0 Å². The van der Waals surface area contributed by atoms with Crippen molar-refractivity contribution in [3.8, 4) is 0 Å². The van der Waals surface area contributed by atoms with Crippen LogP contribution in [0, 0.1) is 17.5 Å². The third kappa shape index (κ3) is 3.28. The molecule has 11 heteroatoms. The summed E-state index contributed by atoms with van der Waals surface area (Å²) in [5, 5.41) is 0.348. The van der Waals surface area contributed by atoms with E-state index in [4.69, 9.17) is 0 Å². The molecular weight excluding hydrogens is 421 g/mol. The molecule has 0 aliphatic rings. The number of aromatic amines is 1. The highest BCUT2D eigenvalue weighted by Gasteiger charge is 2.27. The number of anilines is 1. The molecule has 0 unspecified atom stereocenters. The molecule has 0 atom stereocenters. The number of aromatic nitrogens is 3. The number of hydrogen-bond acceptors (Lipinski definition) is 5. The van der Waals surface area contributed by atoms with Crippen molar-refractivity contribution >= 4 is 32.5 Å². The zero-order valence-corrected chi connectivity index (χ0v) is 15.7. The highest BCUT2D eigenvalue weighted by Crippen LogP contribution is 2.27. The number of ketones is 1. The van der Waals surface area contributed by atoms with Crippen LogP contribution in [0.2, 0.25) is 0 Å². The average Bonchev–Trinajstić information content (AvgIpc) is 3.13. The van der Waals surface area contributed by atoms with Crippen molar-refractivity contribution in [3.05, 3.63) is 83.7 Å². The maximum absolute atomic E-state index is 15.0. The SMILES string of the molecule is O=C(c1cccc(NS(=O)(=O)c2c(F)cccc2F)c1F)c1c[nH]c2ncncc12. The summed E-state index contributed by atoms with van der Waals surface area (Å²) in [5.74, 6) is -4.64. The van der Waals surface area contributed by atoms with Gasteiger partial charge in [0, 0.05) is 17.8 Å². The Kier molecular flexibility index (Phi) is 4.74. The van der Waals surface area contributed by atoms with Gasteiger partial charge < -0.3 is 4.98 Å². The number of fused-ring (bicyclic) bond motifs is 1. The number of hydrogen-bond donors (Lipinski definition) is 2. The lowest BCUT2D eigenvalue weighted by Crippen LogP contribution is -2.18. The minimum atomic E-state index is -4.81. The first-order valence-corrected chi connectivity index (χ1v) is 9.85. The van der Waals surface area contributed by atoms with Crippen LogP contribution in [0.15, 0.2) is 60.0 Å². The van der Waals surface area contributed by atoms with Crippen molar-refractivity contribution in [2.45, 2.75) is 4.90 Å². The quantitative estimate of drug-likeness (QED) is 0.471. The van der Waals surface area contributed by atoms with E-state index in [2.05, 4.69) is 15.0 Å². The molecule has 2 aromatic heterocycles. The van der Waals surface area contributed by atoms with E-state index in [1.54, 1.807) is 4.72 Å². The maximum atomic E-state index is 15.0. The van der Waals surface area contributed by atoms with Gasteiger partial charge in [-0.2, -0.15) is 0 Å². The van der Waals surface area contributed by atoms with Crippen molar-refractivity contribution in [2.75, 3.05) is 4.72 Å². The Morgan fingerprint density at radius 1 is 1.00 bits per heavy atom. The minimum Gasteiger partial charge on any atom is -0.345 e. The Balaban J connectivity index is 1.74. The molecular formula is C19H11F3N4O3S. The van der Waals surface area contributed by atoms with Crippen LogP contribution in [0.4, 0.5) is 18.9 Å². The van der Waals surface area contributed by atoms with Gasteiger partial charge in [-0.3, -0.25) is 9.52 Å². The molecule has 0 spiro atoms. The van der Waals surface area contributed by atoms with Crippen molar-refractivity contribution in [2.24, 2.45) is 0 Å². The molecule has 0 radical (unpaired) electrons. The van der Waals surface area contributed by atoms with Gasteiger partial charge in [0.2, 0.25) is 0 Å². The molecule has 152 valence electrons.